The summed E-state index contributed by atoms with van der Waals surface area (Å²) < 4.78 is 5.24. The first-order chi connectivity index (χ1) is 10.7. The van der Waals surface area contributed by atoms with Gasteiger partial charge in [-0.25, -0.2) is 4.79 Å². The molecule has 1 heterocycles. The summed E-state index contributed by atoms with van der Waals surface area (Å²) in [5, 5.41) is 2.79. The normalized spacial score (nSPS) is 17.8. The Bertz CT molecular complexity index is 450. The Kier molecular flexibility index (Phi) is 7.18. The first-order valence-corrected chi connectivity index (χ1v) is 8.90. The van der Waals surface area contributed by atoms with Crippen LogP contribution >= 0.6 is 11.8 Å². The molecule has 1 fully saturated rings. The average molecular weight is 345 g/mol. The van der Waals surface area contributed by atoms with Crippen molar-refractivity contribution in [2.75, 3.05) is 31.8 Å². The SMILES string of the molecule is CCC(=O)N1CSC[C@H]1C(=O)NCCN(C)C(=O)OC(C)(C)C. The van der Waals surface area contributed by atoms with Crippen molar-refractivity contribution in [1.82, 2.24) is 15.1 Å². The molecule has 0 unspecified atom stereocenters. The number of rotatable bonds is 5. The molecule has 0 aromatic rings. The zero-order valence-electron chi connectivity index (χ0n) is 14.5. The minimum Gasteiger partial charge on any atom is -0.444 e. The highest BCUT2D eigenvalue weighted by Crippen LogP contribution is 2.21. The number of carbonyl (C=O) groups is 3. The molecular weight excluding hydrogens is 318 g/mol. The fraction of sp³-hybridized carbons (Fsp3) is 0.800. The number of thioether (sulfide) groups is 1. The highest BCUT2D eigenvalue weighted by atomic mass is 32.2. The van der Waals surface area contributed by atoms with Crippen molar-refractivity contribution in [3.05, 3.63) is 0 Å². The summed E-state index contributed by atoms with van der Waals surface area (Å²) in [5.74, 6) is 0.984. The van der Waals surface area contributed by atoms with E-state index in [0.717, 1.165) is 0 Å². The molecule has 1 aliphatic heterocycles. The topological polar surface area (TPSA) is 79.0 Å². The molecular formula is C15H27N3O4S. The third-order valence-electron chi connectivity index (χ3n) is 3.26. The van der Waals surface area contributed by atoms with Gasteiger partial charge in [-0.2, -0.15) is 0 Å². The van der Waals surface area contributed by atoms with Crippen LogP contribution in [-0.2, 0) is 14.3 Å². The van der Waals surface area contributed by atoms with E-state index >= 15 is 0 Å². The molecule has 1 aliphatic rings. The summed E-state index contributed by atoms with van der Waals surface area (Å²) >= 11 is 1.57. The molecule has 0 spiro atoms. The highest BCUT2D eigenvalue weighted by Gasteiger charge is 2.33. The second kappa shape index (κ2) is 8.42. The zero-order valence-corrected chi connectivity index (χ0v) is 15.4. The van der Waals surface area contributed by atoms with Crippen molar-refractivity contribution >= 4 is 29.7 Å². The van der Waals surface area contributed by atoms with E-state index in [1.54, 1.807) is 51.4 Å². The Labute approximate surface area is 142 Å². The van der Waals surface area contributed by atoms with E-state index in [-0.39, 0.29) is 11.8 Å². The molecule has 0 bridgehead atoms. The molecule has 1 saturated heterocycles. The number of amides is 3. The molecule has 8 heteroatoms. The maximum atomic E-state index is 12.2. The molecule has 0 aliphatic carbocycles. The number of likely N-dealkylation sites (N-methyl/N-ethyl adjacent to an activating group) is 1. The van der Waals surface area contributed by atoms with Crippen LogP contribution in [0.4, 0.5) is 4.79 Å². The molecule has 3 amide bonds. The van der Waals surface area contributed by atoms with E-state index in [4.69, 9.17) is 4.74 Å². The smallest absolute Gasteiger partial charge is 0.410 e. The van der Waals surface area contributed by atoms with E-state index in [9.17, 15) is 14.4 Å². The van der Waals surface area contributed by atoms with Gasteiger partial charge in [0.2, 0.25) is 11.8 Å². The number of carbonyl (C=O) groups excluding carboxylic acids is 3. The monoisotopic (exact) mass is 345 g/mol. The van der Waals surface area contributed by atoms with Crippen LogP contribution in [0.2, 0.25) is 0 Å². The first kappa shape index (κ1) is 19.6. The van der Waals surface area contributed by atoms with Crippen LogP contribution in [0.3, 0.4) is 0 Å². The summed E-state index contributed by atoms with van der Waals surface area (Å²) in [6, 6.07) is -0.417. The number of nitrogens with one attached hydrogen (secondary N) is 1. The number of hydrogen-bond donors (Lipinski definition) is 1. The average Bonchev–Trinajstić information content (AvgIpc) is 2.93. The van der Waals surface area contributed by atoms with E-state index in [1.807, 2.05) is 0 Å². The van der Waals surface area contributed by atoms with Crippen LogP contribution in [-0.4, -0.2) is 71.1 Å². The third kappa shape index (κ3) is 6.29. The molecule has 1 rings (SSSR count). The van der Waals surface area contributed by atoms with Gasteiger partial charge < -0.3 is 19.9 Å². The Morgan fingerprint density at radius 2 is 2.00 bits per heavy atom. The maximum absolute atomic E-state index is 12.2. The van der Waals surface area contributed by atoms with Gasteiger partial charge >= 0.3 is 6.09 Å². The summed E-state index contributed by atoms with van der Waals surface area (Å²) in [7, 11) is 1.62. The Hall–Kier alpha value is -1.44. The molecule has 7 nitrogen and oxygen atoms in total. The summed E-state index contributed by atoms with van der Waals surface area (Å²) in [5.41, 5.74) is -0.545. The van der Waals surface area contributed by atoms with Crippen molar-refractivity contribution in [3.8, 4) is 0 Å². The van der Waals surface area contributed by atoms with Crippen LogP contribution in [0, 0.1) is 0 Å². The van der Waals surface area contributed by atoms with Gasteiger partial charge in [0, 0.05) is 32.3 Å². The Morgan fingerprint density at radius 1 is 1.35 bits per heavy atom. The van der Waals surface area contributed by atoms with Crippen molar-refractivity contribution in [2.24, 2.45) is 0 Å². The Morgan fingerprint density at radius 3 is 2.57 bits per heavy atom. The van der Waals surface area contributed by atoms with Crippen LogP contribution < -0.4 is 5.32 Å². The largest absolute Gasteiger partial charge is 0.444 e. The lowest BCUT2D eigenvalue weighted by Gasteiger charge is -2.25. The highest BCUT2D eigenvalue weighted by molar-refractivity contribution is 7.99. The minimum atomic E-state index is -0.545. The maximum Gasteiger partial charge on any atom is 0.410 e. The van der Waals surface area contributed by atoms with E-state index in [2.05, 4.69) is 5.32 Å². The lowest BCUT2D eigenvalue weighted by atomic mass is 10.2. The fourth-order valence-electron chi connectivity index (χ4n) is 2.00. The van der Waals surface area contributed by atoms with Crippen molar-refractivity contribution in [1.29, 1.82) is 0 Å². The van der Waals surface area contributed by atoms with Crippen molar-refractivity contribution in [2.45, 2.75) is 45.8 Å². The van der Waals surface area contributed by atoms with Gasteiger partial charge in [-0.1, -0.05) is 6.92 Å². The van der Waals surface area contributed by atoms with E-state index in [0.29, 0.717) is 31.1 Å². The van der Waals surface area contributed by atoms with Gasteiger partial charge in [-0.15, -0.1) is 11.8 Å². The molecule has 132 valence electrons. The quantitative estimate of drug-likeness (QED) is 0.812. The van der Waals surface area contributed by atoms with Gasteiger partial charge in [0.25, 0.3) is 0 Å². The first-order valence-electron chi connectivity index (χ1n) is 7.74. The van der Waals surface area contributed by atoms with Crippen LogP contribution in [0.25, 0.3) is 0 Å². The second-order valence-electron chi connectivity index (χ2n) is 6.43. The lowest BCUT2D eigenvalue weighted by Crippen LogP contribution is -2.48. The predicted octanol–water partition coefficient (Wildman–Crippen LogP) is 1.28. The van der Waals surface area contributed by atoms with Crippen LogP contribution in [0.15, 0.2) is 0 Å². The summed E-state index contributed by atoms with van der Waals surface area (Å²) in [6.07, 6.45) is -0.0305. The van der Waals surface area contributed by atoms with Gasteiger partial charge in [0.05, 0.1) is 5.88 Å². The van der Waals surface area contributed by atoms with Gasteiger partial charge in [0.15, 0.2) is 0 Å². The Balaban J connectivity index is 2.39. The minimum absolute atomic E-state index is 0.0129. The molecule has 0 aromatic carbocycles. The van der Waals surface area contributed by atoms with Crippen molar-refractivity contribution in [3.63, 3.8) is 0 Å². The molecule has 0 aromatic heterocycles. The molecule has 1 N–H and O–H groups in total. The number of ether oxygens (including phenoxy) is 1. The standard InChI is InChI=1S/C15H27N3O4S/c1-6-12(19)18-10-23-9-11(18)13(20)16-7-8-17(5)14(21)22-15(2,3)4/h11H,6-10H2,1-5H3,(H,16,20)/t11-/m0/s1. The lowest BCUT2D eigenvalue weighted by molar-refractivity contribution is -0.137. The molecule has 0 saturated carbocycles. The van der Waals surface area contributed by atoms with Gasteiger partial charge in [0.1, 0.15) is 11.6 Å². The van der Waals surface area contributed by atoms with Gasteiger partial charge in [-0.3, -0.25) is 9.59 Å². The molecule has 1 atom stereocenters. The molecule has 0 radical (unpaired) electrons. The number of hydrogen-bond acceptors (Lipinski definition) is 5. The zero-order chi connectivity index (χ0) is 17.6. The summed E-state index contributed by atoms with van der Waals surface area (Å²) in [4.78, 5) is 38.8. The van der Waals surface area contributed by atoms with E-state index in [1.165, 1.54) is 4.90 Å². The molecule has 23 heavy (non-hydrogen) atoms. The third-order valence-corrected chi connectivity index (χ3v) is 4.27. The second-order valence-corrected chi connectivity index (χ2v) is 7.43. The van der Waals surface area contributed by atoms with Crippen LogP contribution in [0.5, 0.6) is 0 Å². The summed E-state index contributed by atoms with van der Waals surface area (Å²) in [6.45, 7) is 7.87. The van der Waals surface area contributed by atoms with Gasteiger partial charge in [-0.05, 0) is 20.8 Å². The van der Waals surface area contributed by atoms with Crippen LogP contribution in [0.1, 0.15) is 34.1 Å². The predicted molar refractivity (Wildman–Crippen MR) is 90.1 cm³/mol. The number of nitrogens with zero attached hydrogens (tertiary/aromatic N) is 2. The fourth-order valence-corrected chi connectivity index (χ4v) is 3.19. The van der Waals surface area contributed by atoms with E-state index < -0.39 is 17.7 Å². The van der Waals surface area contributed by atoms with Crippen molar-refractivity contribution < 1.29 is 19.1 Å².